The van der Waals surface area contributed by atoms with E-state index in [9.17, 15) is 51.1 Å². The number of rotatable bonds is 4. The van der Waals surface area contributed by atoms with Crippen LogP contribution in [0.5, 0.6) is 34.5 Å². The quantitative estimate of drug-likeness (QED) is 0.225. The van der Waals surface area contributed by atoms with Gasteiger partial charge in [-0.3, -0.25) is 0 Å². The fourth-order valence-corrected chi connectivity index (χ4v) is 4.05. The molecular weight excluding hydrogens is 460 g/mol. The van der Waals surface area contributed by atoms with Gasteiger partial charge in [-0.1, -0.05) is 0 Å². The fourth-order valence-electron chi connectivity index (χ4n) is 4.05. The third-order valence-electron chi connectivity index (χ3n) is 5.82. The molecule has 186 valence electrons. The molecule has 8 atom stereocenters. The van der Waals surface area contributed by atoms with Gasteiger partial charge in [0, 0.05) is 17.7 Å². The number of hydrogen-bond acceptors (Lipinski definition) is 13. The molecule has 2 heterocycles. The van der Waals surface area contributed by atoms with E-state index in [1.807, 2.05) is 0 Å². The number of aliphatic hydroxyl groups excluding tert-OH is 5. The molecular formula is C21H24O13. The molecule has 10 N–H and O–H groups in total. The molecule has 1 saturated heterocycles. The first kappa shape index (κ1) is 24.1. The second-order valence-electron chi connectivity index (χ2n) is 8.07. The van der Waals surface area contributed by atoms with Gasteiger partial charge in [-0.2, -0.15) is 0 Å². The number of benzene rings is 2. The highest BCUT2D eigenvalue weighted by Crippen LogP contribution is 2.50. The van der Waals surface area contributed by atoms with Gasteiger partial charge in [-0.05, 0) is 12.1 Å². The first-order valence-corrected chi connectivity index (χ1v) is 10.1. The molecule has 2 aromatic carbocycles. The monoisotopic (exact) mass is 484 g/mol. The molecule has 0 bridgehead atoms. The van der Waals surface area contributed by atoms with Crippen LogP contribution in [0, 0.1) is 0 Å². The zero-order valence-electron chi connectivity index (χ0n) is 17.3. The standard InChI is InChI=1S/C21H24O13/c22-5-12-15(28)17(30)18(31)21(33-12)34-20-16(29)13-8(24)3-7(23)4-11(13)32-19(20)6-1-9(25)14(27)10(26)2-6/h1-4,12,15-31H,5H2/t12-,15-,16+,17-,18-,19-,20+,21-/m1/s1. The summed E-state index contributed by atoms with van der Waals surface area (Å²) in [7, 11) is 0. The molecule has 0 aromatic heterocycles. The van der Waals surface area contributed by atoms with Gasteiger partial charge in [-0.15, -0.1) is 0 Å². The maximum atomic E-state index is 11.1. The minimum absolute atomic E-state index is 0.0325. The number of aromatic hydroxyl groups is 5. The largest absolute Gasteiger partial charge is 0.508 e. The molecule has 34 heavy (non-hydrogen) atoms. The van der Waals surface area contributed by atoms with E-state index in [0.717, 1.165) is 24.3 Å². The summed E-state index contributed by atoms with van der Waals surface area (Å²) in [6, 6.07) is 4.04. The molecule has 1 fully saturated rings. The Morgan fingerprint density at radius 2 is 1.44 bits per heavy atom. The number of hydrogen-bond donors (Lipinski definition) is 10. The summed E-state index contributed by atoms with van der Waals surface area (Å²) in [4.78, 5) is 0. The summed E-state index contributed by atoms with van der Waals surface area (Å²) >= 11 is 0. The minimum atomic E-state index is -1.83. The number of fused-ring (bicyclic) bond motifs is 1. The Morgan fingerprint density at radius 3 is 2.06 bits per heavy atom. The Kier molecular flexibility index (Phi) is 6.35. The average Bonchev–Trinajstić information content (AvgIpc) is 2.78. The highest BCUT2D eigenvalue weighted by Gasteiger charge is 2.49. The van der Waals surface area contributed by atoms with Crippen LogP contribution in [-0.4, -0.2) is 94.5 Å². The lowest BCUT2D eigenvalue weighted by Gasteiger charge is -2.44. The van der Waals surface area contributed by atoms with E-state index in [0.29, 0.717) is 0 Å². The molecule has 4 rings (SSSR count). The molecule has 0 spiro atoms. The average molecular weight is 484 g/mol. The van der Waals surface area contributed by atoms with Crippen molar-refractivity contribution in [1.82, 2.24) is 0 Å². The number of ether oxygens (including phenoxy) is 3. The van der Waals surface area contributed by atoms with Crippen molar-refractivity contribution in [2.45, 2.75) is 49.0 Å². The molecule has 0 unspecified atom stereocenters. The van der Waals surface area contributed by atoms with E-state index in [-0.39, 0.29) is 16.9 Å². The van der Waals surface area contributed by atoms with Gasteiger partial charge >= 0.3 is 0 Å². The van der Waals surface area contributed by atoms with Gasteiger partial charge in [-0.25, -0.2) is 0 Å². The van der Waals surface area contributed by atoms with Crippen LogP contribution in [0.25, 0.3) is 0 Å². The molecule has 0 radical (unpaired) electrons. The second kappa shape index (κ2) is 8.96. The first-order chi connectivity index (χ1) is 16.0. The molecule has 2 aliphatic rings. The summed E-state index contributed by atoms with van der Waals surface area (Å²) in [5, 5.41) is 100. The Labute approximate surface area is 191 Å². The van der Waals surface area contributed by atoms with Crippen molar-refractivity contribution in [3.63, 3.8) is 0 Å². The zero-order chi connectivity index (χ0) is 24.9. The van der Waals surface area contributed by atoms with Crippen molar-refractivity contribution >= 4 is 0 Å². The van der Waals surface area contributed by atoms with Gasteiger partial charge in [0.2, 0.25) is 0 Å². The maximum absolute atomic E-state index is 11.1. The molecule has 0 amide bonds. The molecule has 2 aliphatic heterocycles. The van der Waals surface area contributed by atoms with E-state index >= 15 is 0 Å². The van der Waals surface area contributed by atoms with Crippen LogP contribution in [0.15, 0.2) is 24.3 Å². The summed E-state index contributed by atoms with van der Waals surface area (Å²) in [5.41, 5.74) is -0.231. The lowest BCUT2D eigenvalue weighted by molar-refractivity contribution is -0.325. The fraction of sp³-hybridized carbons (Fsp3) is 0.429. The third kappa shape index (κ3) is 4.03. The van der Waals surface area contributed by atoms with Crippen LogP contribution in [-0.2, 0) is 9.47 Å². The highest BCUT2D eigenvalue weighted by molar-refractivity contribution is 5.55. The van der Waals surface area contributed by atoms with E-state index in [1.54, 1.807) is 0 Å². The summed E-state index contributed by atoms with van der Waals surface area (Å²) in [5.74, 6) is -3.40. The molecule has 0 aliphatic carbocycles. The summed E-state index contributed by atoms with van der Waals surface area (Å²) < 4.78 is 16.8. The van der Waals surface area contributed by atoms with Crippen LogP contribution in [0.4, 0.5) is 0 Å². The van der Waals surface area contributed by atoms with Gasteiger partial charge in [0.1, 0.15) is 53.9 Å². The Morgan fingerprint density at radius 1 is 0.794 bits per heavy atom. The number of aliphatic hydroxyl groups is 5. The highest BCUT2D eigenvalue weighted by atomic mass is 16.7. The Bertz CT molecular complexity index is 1030. The van der Waals surface area contributed by atoms with Gasteiger partial charge in [0.25, 0.3) is 0 Å². The number of phenols is 5. The zero-order valence-corrected chi connectivity index (χ0v) is 17.3. The number of phenolic OH excluding ortho intramolecular Hbond substituents is 5. The SMILES string of the molecule is OC[C@H]1O[C@H](O[C@@H]2[C@@H](c3cc(O)c(O)c(O)c3)Oc3cc(O)cc(O)c3[C@@H]2O)[C@H](O)[C@H](O)[C@@H]1O. The van der Waals surface area contributed by atoms with Crippen molar-refractivity contribution in [3.05, 3.63) is 35.4 Å². The lowest BCUT2D eigenvalue weighted by Crippen LogP contribution is -2.60. The molecule has 13 nitrogen and oxygen atoms in total. The van der Waals surface area contributed by atoms with Crippen LogP contribution in [0.2, 0.25) is 0 Å². The first-order valence-electron chi connectivity index (χ1n) is 10.1. The van der Waals surface area contributed by atoms with E-state index < -0.39 is 84.4 Å². The smallest absolute Gasteiger partial charge is 0.200 e. The molecule has 2 aromatic rings. The van der Waals surface area contributed by atoms with Crippen LogP contribution >= 0.6 is 0 Å². The minimum Gasteiger partial charge on any atom is -0.508 e. The van der Waals surface area contributed by atoms with E-state index in [2.05, 4.69) is 0 Å². The van der Waals surface area contributed by atoms with Gasteiger partial charge in [0.15, 0.2) is 29.6 Å². The Hall–Kier alpha value is -3.04. The normalized spacial score (nSPS) is 33.2. The van der Waals surface area contributed by atoms with Crippen LogP contribution in [0.1, 0.15) is 23.3 Å². The Balaban J connectivity index is 1.77. The van der Waals surface area contributed by atoms with Crippen molar-refractivity contribution in [2.24, 2.45) is 0 Å². The van der Waals surface area contributed by atoms with E-state index in [4.69, 9.17) is 14.2 Å². The predicted molar refractivity (Wildman–Crippen MR) is 108 cm³/mol. The van der Waals surface area contributed by atoms with Crippen molar-refractivity contribution < 1.29 is 65.3 Å². The van der Waals surface area contributed by atoms with Gasteiger partial charge < -0.3 is 65.3 Å². The third-order valence-corrected chi connectivity index (χ3v) is 5.82. The molecule has 13 heteroatoms. The summed E-state index contributed by atoms with van der Waals surface area (Å²) in [6.45, 7) is -0.736. The van der Waals surface area contributed by atoms with Crippen molar-refractivity contribution in [1.29, 1.82) is 0 Å². The molecule has 0 saturated carbocycles. The van der Waals surface area contributed by atoms with E-state index in [1.165, 1.54) is 0 Å². The maximum Gasteiger partial charge on any atom is 0.200 e. The summed E-state index contributed by atoms with van der Waals surface area (Å²) in [6.07, 6.45) is -13.0. The van der Waals surface area contributed by atoms with Gasteiger partial charge in [0.05, 0.1) is 12.2 Å². The lowest BCUT2D eigenvalue weighted by atomic mass is 9.90. The van der Waals surface area contributed by atoms with Crippen molar-refractivity contribution in [3.8, 4) is 34.5 Å². The van der Waals surface area contributed by atoms with Crippen molar-refractivity contribution in [2.75, 3.05) is 6.61 Å². The second-order valence-corrected chi connectivity index (χ2v) is 8.07. The van der Waals surface area contributed by atoms with Crippen LogP contribution < -0.4 is 4.74 Å². The van der Waals surface area contributed by atoms with Crippen LogP contribution in [0.3, 0.4) is 0 Å². The topological polar surface area (TPSA) is 230 Å². The predicted octanol–water partition coefficient (Wildman–Crippen LogP) is -1.43.